The van der Waals surface area contributed by atoms with Crippen molar-refractivity contribution in [2.24, 2.45) is 0 Å². The number of piperidine rings is 1. The van der Waals surface area contributed by atoms with E-state index in [0.717, 1.165) is 53.2 Å². The van der Waals surface area contributed by atoms with Crippen molar-refractivity contribution in [3.8, 4) is 0 Å². The second kappa shape index (κ2) is 9.20. The highest BCUT2D eigenvalue weighted by Gasteiger charge is 2.25. The number of furan rings is 1. The molecule has 3 heterocycles. The van der Waals surface area contributed by atoms with Crippen LogP contribution in [-0.4, -0.2) is 32.7 Å². The first-order chi connectivity index (χ1) is 14.1. The van der Waals surface area contributed by atoms with Crippen LogP contribution < -0.4 is 5.32 Å². The van der Waals surface area contributed by atoms with Gasteiger partial charge in [0, 0.05) is 41.4 Å². The molecule has 0 radical (unpaired) electrons. The first-order valence-corrected chi connectivity index (χ1v) is 10.8. The van der Waals surface area contributed by atoms with E-state index in [2.05, 4.69) is 19.8 Å². The third-order valence-electron chi connectivity index (χ3n) is 5.24. The molecule has 1 aliphatic heterocycles. The van der Waals surface area contributed by atoms with Crippen LogP contribution in [0.1, 0.15) is 35.9 Å². The molecule has 29 heavy (non-hydrogen) atoms. The number of hydrogen-bond acceptors (Lipinski definition) is 3. The van der Waals surface area contributed by atoms with Crippen molar-refractivity contribution in [1.29, 1.82) is 0 Å². The molecule has 1 N–H and O–H groups in total. The molecule has 4 rings (SSSR count). The van der Waals surface area contributed by atoms with Crippen LogP contribution in [0.3, 0.4) is 0 Å². The van der Waals surface area contributed by atoms with Crippen LogP contribution in [0.25, 0.3) is 0 Å². The first kappa shape index (κ1) is 20.3. The zero-order valence-corrected chi connectivity index (χ0v) is 18.2. The van der Waals surface area contributed by atoms with Crippen LogP contribution >= 0.6 is 35.4 Å². The van der Waals surface area contributed by atoms with Crippen molar-refractivity contribution in [2.45, 2.75) is 31.8 Å². The Morgan fingerprint density at radius 1 is 1.24 bits per heavy atom. The lowest BCUT2D eigenvalue weighted by Crippen LogP contribution is -2.43. The Kier molecular flexibility index (Phi) is 6.43. The number of hydrogen-bond donors (Lipinski definition) is 1. The second-order valence-electron chi connectivity index (χ2n) is 7.15. The Bertz CT molecular complexity index is 965. The molecular formula is C21H22Cl2N4OS. The minimum atomic E-state index is 0.395. The number of rotatable bonds is 5. The van der Waals surface area contributed by atoms with Crippen LogP contribution in [-0.2, 0) is 13.1 Å². The van der Waals surface area contributed by atoms with Crippen LogP contribution in [0.2, 0.25) is 10.0 Å². The van der Waals surface area contributed by atoms with Crippen molar-refractivity contribution in [3.63, 3.8) is 0 Å². The Hall–Kier alpha value is -2.02. The summed E-state index contributed by atoms with van der Waals surface area (Å²) < 4.78 is 7.52. The molecule has 8 heteroatoms. The quantitative estimate of drug-likeness (QED) is 0.550. The van der Waals surface area contributed by atoms with Crippen LogP contribution in [0.4, 0.5) is 0 Å². The predicted molar refractivity (Wildman–Crippen MR) is 119 cm³/mol. The normalized spacial score (nSPS) is 14.9. The monoisotopic (exact) mass is 448 g/mol. The molecule has 0 aliphatic carbocycles. The van der Waals surface area contributed by atoms with E-state index >= 15 is 0 Å². The standard InChI is InChI=1S/C21H22Cl2N4OS/c22-17-3-4-19(23)16(12-17)14-27-10-7-24-20(27)15-5-8-26(9-6-15)21(29)25-13-18-2-1-11-28-18/h1-4,7,10-12,15H,5-6,8-9,13-14H2,(H,25,29). The van der Waals surface area contributed by atoms with Gasteiger partial charge in [-0.2, -0.15) is 0 Å². The van der Waals surface area contributed by atoms with Gasteiger partial charge in [-0.15, -0.1) is 0 Å². The van der Waals surface area contributed by atoms with Crippen LogP contribution in [0.5, 0.6) is 0 Å². The number of nitrogens with zero attached hydrogens (tertiary/aromatic N) is 3. The summed E-state index contributed by atoms with van der Waals surface area (Å²) in [5.41, 5.74) is 0.999. The smallest absolute Gasteiger partial charge is 0.169 e. The number of likely N-dealkylation sites (tertiary alicyclic amines) is 1. The number of halogens is 2. The van der Waals surface area contributed by atoms with Gasteiger partial charge in [0.05, 0.1) is 19.4 Å². The van der Waals surface area contributed by atoms with E-state index in [9.17, 15) is 0 Å². The van der Waals surface area contributed by atoms with Gasteiger partial charge in [-0.1, -0.05) is 23.2 Å². The van der Waals surface area contributed by atoms with Gasteiger partial charge in [0.15, 0.2) is 5.11 Å². The summed E-state index contributed by atoms with van der Waals surface area (Å²) >= 11 is 18.0. The van der Waals surface area contributed by atoms with E-state index < -0.39 is 0 Å². The van der Waals surface area contributed by atoms with Gasteiger partial charge in [0.25, 0.3) is 0 Å². The highest BCUT2D eigenvalue weighted by molar-refractivity contribution is 7.80. The average Bonchev–Trinajstić information content (AvgIpc) is 3.41. The maximum atomic E-state index is 6.34. The molecule has 0 atom stereocenters. The Labute approximate surface area is 185 Å². The molecule has 2 aromatic heterocycles. The summed E-state index contributed by atoms with van der Waals surface area (Å²) in [6.45, 7) is 3.08. The van der Waals surface area contributed by atoms with E-state index in [0.29, 0.717) is 24.0 Å². The maximum Gasteiger partial charge on any atom is 0.169 e. The first-order valence-electron chi connectivity index (χ1n) is 9.60. The number of nitrogens with one attached hydrogen (secondary N) is 1. The fourth-order valence-electron chi connectivity index (χ4n) is 3.69. The molecule has 1 aromatic carbocycles. The molecular weight excluding hydrogens is 427 g/mol. The summed E-state index contributed by atoms with van der Waals surface area (Å²) in [6, 6.07) is 9.38. The molecule has 1 fully saturated rings. The van der Waals surface area contributed by atoms with Crippen LogP contribution in [0, 0.1) is 0 Å². The fraction of sp³-hybridized carbons (Fsp3) is 0.333. The van der Waals surface area contributed by atoms with Crippen molar-refractivity contribution >= 4 is 40.5 Å². The van der Waals surface area contributed by atoms with Gasteiger partial charge in [-0.3, -0.25) is 0 Å². The molecule has 0 saturated carbocycles. The van der Waals surface area contributed by atoms with Gasteiger partial charge in [0.1, 0.15) is 11.6 Å². The molecule has 3 aromatic rings. The third kappa shape index (κ3) is 4.94. The molecule has 5 nitrogen and oxygen atoms in total. The summed E-state index contributed by atoms with van der Waals surface area (Å²) in [4.78, 5) is 6.85. The predicted octanol–water partition coefficient (Wildman–Crippen LogP) is 5.09. The second-order valence-corrected chi connectivity index (χ2v) is 8.38. The summed E-state index contributed by atoms with van der Waals surface area (Å²) in [6.07, 6.45) is 7.54. The summed E-state index contributed by atoms with van der Waals surface area (Å²) in [5, 5.41) is 5.46. The third-order valence-corrected chi connectivity index (χ3v) is 6.24. The van der Waals surface area contributed by atoms with Gasteiger partial charge >= 0.3 is 0 Å². The van der Waals surface area contributed by atoms with Crippen molar-refractivity contribution in [1.82, 2.24) is 19.8 Å². The van der Waals surface area contributed by atoms with E-state index in [1.165, 1.54) is 0 Å². The number of benzene rings is 1. The summed E-state index contributed by atoms with van der Waals surface area (Å²) in [5.74, 6) is 2.37. The van der Waals surface area contributed by atoms with Crippen molar-refractivity contribution in [2.75, 3.05) is 13.1 Å². The highest BCUT2D eigenvalue weighted by Crippen LogP contribution is 2.29. The minimum absolute atomic E-state index is 0.395. The molecule has 152 valence electrons. The Balaban J connectivity index is 1.35. The average molecular weight is 449 g/mol. The number of imidazole rings is 1. The number of thiocarbonyl (C=S) groups is 1. The lowest BCUT2D eigenvalue weighted by atomic mass is 9.96. The van der Waals surface area contributed by atoms with E-state index in [-0.39, 0.29) is 0 Å². The topological polar surface area (TPSA) is 46.2 Å². The van der Waals surface area contributed by atoms with Gasteiger partial charge in [-0.25, -0.2) is 4.98 Å². The lowest BCUT2D eigenvalue weighted by Gasteiger charge is -2.33. The van der Waals surface area contributed by atoms with Gasteiger partial charge < -0.3 is 19.2 Å². The fourth-order valence-corrected chi connectivity index (χ4v) is 4.32. The zero-order chi connectivity index (χ0) is 20.2. The van der Waals surface area contributed by atoms with Gasteiger partial charge in [-0.05, 0) is 61.0 Å². The zero-order valence-electron chi connectivity index (χ0n) is 15.9. The van der Waals surface area contributed by atoms with E-state index in [1.807, 2.05) is 36.7 Å². The molecule has 0 spiro atoms. The lowest BCUT2D eigenvalue weighted by molar-refractivity contribution is 0.299. The Morgan fingerprint density at radius 2 is 2.07 bits per heavy atom. The minimum Gasteiger partial charge on any atom is -0.467 e. The molecule has 1 aliphatic rings. The Morgan fingerprint density at radius 3 is 2.83 bits per heavy atom. The number of aromatic nitrogens is 2. The SMILES string of the molecule is S=C(NCc1ccco1)N1CCC(c2nccn2Cc2cc(Cl)ccc2Cl)CC1. The van der Waals surface area contributed by atoms with E-state index in [1.54, 1.807) is 12.3 Å². The molecule has 0 unspecified atom stereocenters. The maximum absolute atomic E-state index is 6.34. The van der Waals surface area contributed by atoms with Crippen LogP contribution in [0.15, 0.2) is 53.4 Å². The largest absolute Gasteiger partial charge is 0.467 e. The highest BCUT2D eigenvalue weighted by atomic mass is 35.5. The van der Waals surface area contributed by atoms with E-state index in [4.69, 9.17) is 39.8 Å². The molecule has 0 bridgehead atoms. The van der Waals surface area contributed by atoms with Crippen molar-refractivity contribution in [3.05, 3.63) is 76.2 Å². The molecule has 0 amide bonds. The van der Waals surface area contributed by atoms with Crippen molar-refractivity contribution < 1.29 is 4.42 Å². The molecule has 1 saturated heterocycles. The summed E-state index contributed by atoms with van der Waals surface area (Å²) in [7, 11) is 0. The van der Waals surface area contributed by atoms with Gasteiger partial charge in [0.2, 0.25) is 0 Å².